The van der Waals surface area contributed by atoms with E-state index in [9.17, 15) is 9.59 Å². The van der Waals surface area contributed by atoms with E-state index in [1.807, 2.05) is 38.1 Å². The van der Waals surface area contributed by atoms with Crippen LogP contribution in [0.2, 0.25) is 0 Å². The summed E-state index contributed by atoms with van der Waals surface area (Å²) >= 11 is 0. The van der Waals surface area contributed by atoms with Crippen LogP contribution in [0.1, 0.15) is 36.2 Å². The number of nitrogens with zero attached hydrogens (tertiary/aromatic N) is 5. The first-order chi connectivity index (χ1) is 12.8. The van der Waals surface area contributed by atoms with Gasteiger partial charge in [-0.25, -0.2) is 9.67 Å². The first kappa shape index (κ1) is 18.6. The van der Waals surface area contributed by atoms with E-state index in [2.05, 4.69) is 25.6 Å². The largest absolute Gasteiger partial charge is 0.347 e. The highest BCUT2D eigenvalue weighted by molar-refractivity contribution is 5.92. The van der Waals surface area contributed by atoms with Crippen LogP contribution < -0.4 is 5.32 Å². The number of hydrogen-bond acceptors (Lipinski definition) is 5. The maximum absolute atomic E-state index is 12.6. The molecule has 27 heavy (non-hydrogen) atoms. The summed E-state index contributed by atoms with van der Waals surface area (Å²) in [4.78, 5) is 33.7. The van der Waals surface area contributed by atoms with Crippen LogP contribution in [-0.2, 0) is 11.3 Å². The molecule has 142 valence electrons. The number of hydrogen-bond donors (Lipinski definition) is 2. The molecular weight excluding hydrogens is 346 g/mol. The summed E-state index contributed by atoms with van der Waals surface area (Å²) in [7, 11) is 3.32. The van der Waals surface area contributed by atoms with Crippen LogP contribution in [0.3, 0.4) is 0 Å². The number of aromatic nitrogens is 5. The summed E-state index contributed by atoms with van der Waals surface area (Å²) in [5.41, 5.74) is 1.92. The van der Waals surface area contributed by atoms with Crippen LogP contribution in [0.25, 0.3) is 11.0 Å². The van der Waals surface area contributed by atoms with Crippen molar-refractivity contribution in [3.05, 3.63) is 42.0 Å². The Hall–Kier alpha value is -3.23. The molecule has 0 saturated carbocycles. The van der Waals surface area contributed by atoms with Gasteiger partial charge in [0.1, 0.15) is 12.4 Å². The molecule has 0 aliphatic heterocycles. The van der Waals surface area contributed by atoms with Gasteiger partial charge in [0.2, 0.25) is 5.91 Å². The Bertz CT molecular complexity index is 924. The van der Waals surface area contributed by atoms with Crippen LogP contribution >= 0.6 is 0 Å². The monoisotopic (exact) mass is 369 g/mol. The molecule has 1 aromatic carbocycles. The highest BCUT2D eigenvalue weighted by Gasteiger charge is 2.24. The molecule has 3 aromatic rings. The number of H-pyrrole nitrogens is 1. The van der Waals surface area contributed by atoms with Crippen molar-refractivity contribution in [3.63, 3.8) is 0 Å². The zero-order valence-electron chi connectivity index (χ0n) is 15.8. The molecule has 0 bridgehead atoms. The molecule has 0 aliphatic rings. The predicted octanol–water partition coefficient (Wildman–Crippen LogP) is 1.37. The molecule has 3 rings (SSSR count). The van der Waals surface area contributed by atoms with E-state index in [-0.39, 0.29) is 36.0 Å². The lowest BCUT2D eigenvalue weighted by Crippen LogP contribution is -2.32. The van der Waals surface area contributed by atoms with Gasteiger partial charge in [-0.05, 0) is 18.1 Å². The Labute approximate surface area is 156 Å². The fraction of sp³-hybridized carbons (Fsp3) is 0.389. The lowest BCUT2D eigenvalue weighted by molar-refractivity contribution is -0.129. The number of rotatable bonds is 6. The molecule has 2 N–H and O–H groups in total. The fourth-order valence-corrected chi connectivity index (χ4v) is 2.65. The first-order valence-electron chi connectivity index (χ1n) is 8.71. The van der Waals surface area contributed by atoms with E-state index in [1.165, 1.54) is 15.8 Å². The third-order valence-corrected chi connectivity index (χ3v) is 4.22. The second-order valence-electron chi connectivity index (χ2n) is 6.92. The van der Waals surface area contributed by atoms with Crippen LogP contribution in [0.4, 0.5) is 0 Å². The second-order valence-corrected chi connectivity index (χ2v) is 6.92. The molecule has 1 unspecified atom stereocenters. The first-order valence-corrected chi connectivity index (χ1v) is 8.71. The Morgan fingerprint density at radius 2 is 2.00 bits per heavy atom. The zero-order valence-corrected chi connectivity index (χ0v) is 15.8. The number of nitrogens with one attached hydrogen (secondary N) is 2. The summed E-state index contributed by atoms with van der Waals surface area (Å²) < 4.78 is 1.35. The van der Waals surface area contributed by atoms with Crippen LogP contribution in [0.15, 0.2) is 30.5 Å². The van der Waals surface area contributed by atoms with Gasteiger partial charge in [-0.2, -0.15) is 0 Å². The topological polar surface area (TPSA) is 109 Å². The minimum Gasteiger partial charge on any atom is -0.347 e. The average Bonchev–Trinajstić information content (AvgIpc) is 3.25. The summed E-state index contributed by atoms with van der Waals surface area (Å²) in [6.45, 7) is 4.04. The van der Waals surface area contributed by atoms with E-state index < -0.39 is 0 Å². The molecule has 0 spiro atoms. The third-order valence-electron chi connectivity index (χ3n) is 4.22. The molecule has 2 heterocycles. The SMILES string of the molecule is CC(C)C(NC(=O)c1cn(CC(=O)N(C)C)nn1)c1nc2ccccc2[nH]1. The van der Waals surface area contributed by atoms with Crippen molar-refractivity contribution >= 4 is 22.8 Å². The molecule has 9 nitrogen and oxygen atoms in total. The number of aromatic amines is 1. The zero-order chi connectivity index (χ0) is 19.6. The van der Waals surface area contributed by atoms with Gasteiger partial charge in [0.15, 0.2) is 5.69 Å². The smallest absolute Gasteiger partial charge is 0.274 e. The van der Waals surface area contributed by atoms with Crippen molar-refractivity contribution < 1.29 is 9.59 Å². The summed E-state index contributed by atoms with van der Waals surface area (Å²) in [6, 6.07) is 7.41. The Kier molecular flexibility index (Phi) is 5.20. The van der Waals surface area contributed by atoms with Gasteiger partial charge in [0.25, 0.3) is 5.91 Å². The fourth-order valence-electron chi connectivity index (χ4n) is 2.65. The van der Waals surface area contributed by atoms with Gasteiger partial charge in [-0.1, -0.05) is 31.2 Å². The van der Waals surface area contributed by atoms with E-state index in [1.54, 1.807) is 14.1 Å². The van der Waals surface area contributed by atoms with Crippen molar-refractivity contribution in [2.24, 2.45) is 5.92 Å². The molecule has 1 atom stereocenters. The van der Waals surface area contributed by atoms with Crippen LogP contribution in [-0.4, -0.2) is 55.8 Å². The third kappa shape index (κ3) is 4.13. The predicted molar refractivity (Wildman–Crippen MR) is 99.9 cm³/mol. The minimum atomic E-state index is -0.363. The van der Waals surface area contributed by atoms with Crippen LogP contribution in [0.5, 0.6) is 0 Å². The van der Waals surface area contributed by atoms with Gasteiger partial charge < -0.3 is 15.2 Å². The van der Waals surface area contributed by atoms with E-state index in [0.29, 0.717) is 5.82 Å². The molecule has 9 heteroatoms. The van der Waals surface area contributed by atoms with Gasteiger partial charge >= 0.3 is 0 Å². The van der Waals surface area contributed by atoms with E-state index in [0.717, 1.165) is 11.0 Å². The highest BCUT2D eigenvalue weighted by atomic mass is 16.2. The lowest BCUT2D eigenvalue weighted by Gasteiger charge is -2.19. The number of fused-ring (bicyclic) bond motifs is 1. The van der Waals surface area contributed by atoms with Crippen LogP contribution in [0, 0.1) is 5.92 Å². The van der Waals surface area contributed by atoms with Gasteiger partial charge in [-0.15, -0.1) is 5.10 Å². The number of imidazole rings is 1. The average molecular weight is 369 g/mol. The summed E-state index contributed by atoms with van der Waals surface area (Å²) in [5, 5.41) is 10.7. The number of likely N-dealkylation sites (N-methyl/N-ethyl adjacent to an activating group) is 1. The molecule has 0 fully saturated rings. The second kappa shape index (κ2) is 7.56. The highest BCUT2D eigenvalue weighted by Crippen LogP contribution is 2.22. The van der Waals surface area contributed by atoms with Crippen molar-refractivity contribution in [1.82, 2.24) is 35.2 Å². The number of benzene rings is 1. The molecule has 0 saturated heterocycles. The standard InChI is InChI=1S/C18H23N7O2/c1-11(2)16(17-19-12-7-5-6-8-13(12)20-17)21-18(27)14-9-25(23-22-14)10-15(26)24(3)4/h5-9,11,16H,10H2,1-4H3,(H,19,20)(H,21,27). The van der Waals surface area contributed by atoms with Gasteiger partial charge in [0.05, 0.1) is 23.3 Å². The number of amides is 2. The number of carbonyl (C=O) groups is 2. The molecule has 2 amide bonds. The number of carbonyl (C=O) groups excluding carboxylic acids is 2. The molecule has 0 aliphatic carbocycles. The van der Waals surface area contributed by atoms with Gasteiger partial charge in [0, 0.05) is 14.1 Å². The summed E-state index contributed by atoms with van der Waals surface area (Å²) in [5.74, 6) is 0.307. The molecular formula is C18H23N7O2. The lowest BCUT2D eigenvalue weighted by atomic mass is 10.0. The van der Waals surface area contributed by atoms with Crippen molar-refractivity contribution in [1.29, 1.82) is 0 Å². The van der Waals surface area contributed by atoms with Gasteiger partial charge in [-0.3, -0.25) is 9.59 Å². The Balaban J connectivity index is 1.76. The minimum absolute atomic E-state index is 0.0322. The van der Waals surface area contributed by atoms with E-state index >= 15 is 0 Å². The Morgan fingerprint density at radius 1 is 1.26 bits per heavy atom. The maximum atomic E-state index is 12.6. The van der Waals surface area contributed by atoms with Crippen molar-refractivity contribution in [3.8, 4) is 0 Å². The van der Waals surface area contributed by atoms with Crippen molar-refractivity contribution in [2.75, 3.05) is 14.1 Å². The molecule has 0 radical (unpaired) electrons. The molecule has 2 aromatic heterocycles. The van der Waals surface area contributed by atoms with Crippen molar-refractivity contribution in [2.45, 2.75) is 26.4 Å². The van der Waals surface area contributed by atoms with E-state index in [4.69, 9.17) is 0 Å². The maximum Gasteiger partial charge on any atom is 0.274 e. The quantitative estimate of drug-likeness (QED) is 0.682. The Morgan fingerprint density at radius 3 is 2.67 bits per heavy atom. The normalized spacial score (nSPS) is 12.3. The number of para-hydroxylation sites is 2. The summed E-state index contributed by atoms with van der Waals surface area (Å²) in [6.07, 6.45) is 1.47.